The molecule has 0 aliphatic heterocycles. The summed E-state index contributed by atoms with van der Waals surface area (Å²) in [5.41, 5.74) is 2.25. The van der Waals surface area contributed by atoms with Gasteiger partial charge in [0.1, 0.15) is 12.4 Å². The van der Waals surface area contributed by atoms with Crippen molar-refractivity contribution >= 4 is 29.9 Å². The van der Waals surface area contributed by atoms with E-state index in [0.717, 1.165) is 61.4 Å². The topological polar surface area (TPSA) is 67.4 Å². The van der Waals surface area contributed by atoms with Crippen molar-refractivity contribution in [1.82, 2.24) is 15.5 Å². The number of guanidine groups is 1. The van der Waals surface area contributed by atoms with E-state index in [2.05, 4.69) is 40.4 Å². The van der Waals surface area contributed by atoms with Crippen LogP contribution in [0.3, 0.4) is 0 Å². The van der Waals surface area contributed by atoms with Crippen LogP contribution in [0.1, 0.15) is 25.0 Å². The van der Waals surface area contributed by atoms with E-state index < -0.39 is 0 Å². The van der Waals surface area contributed by atoms with Gasteiger partial charge in [-0.1, -0.05) is 38.1 Å². The third-order valence-electron chi connectivity index (χ3n) is 5.35. The van der Waals surface area contributed by atoms with E-state index in [1.54, 1.807) is 21.3 Å². The van der Waals surface area contributed by atoms with Gasteiger partial charge in [-0.3, -0.25) is 4.99 Å². The minimum atomic E-state index is 0. The van der Waals surface area contributed by atoms with Gasteiger partial charge in [-0.2, -0.15) is 0 Å². The van der Waals surface area contributed by atoms with Crippen LogP contribution in [0.25, 0.3) is 0 Å². The minimum absolute atomic E-state index is 0. The Morgan fingerprint density at radius 2 is 1.67 bits per heavy atom. The van der Waals surface area contributed by atoms with Crippen molar-refractivity contribution in [3.63, 3.8) is 0 Å². The number of methoxy groups -OCH3 is 2. The van der Waals surface area contributed by atoms with Gasteiger partial charge in [0.05, 0.1) is 14.2 Å². The van der Waals surface area contributed by atoms with E-state index in [1.807, 2.05) is 36.4 Å². The first-order valence-electron chi connectivity index (χ1n) is 11.2. The lowest BCUT2D eigenvalue weighted by Gasteiger charge is -2.19. The van der Waals surface area contributed by atoms with Gasteiger partial charge in [-0.15, -0.1) is 24.0 Å². The molecule has 0 radical (unpaired) electrons. The van der Waals surface area contributed by atoms with Crippen molar-refractivity contribution in [2.45, 2.75) is 26.8 Å². The quantitative estimate of drug-likeness (QED) is 0.216. The summed E-state index contributed by atoms with van der Waals surface area (Å²) in [5, 5.41) is 6.70. The summed E-state index contributed by atoms with van der Waals surface area (Å²) in [7, 11) is 5.14. The first-order chi connectivity index (χ1) is 15.6. The molecule has 33 heavy (non-hydrogen) atoms. The minimum Gasteiger partial charge on any atom is -0.496 e. The van der Waals surface area contributed by atoms with E-state index in [1.165, 1.54) is 5.56 Å². The number of hydrogen-bond acceptors (Lipinski definition) is 5. The van der Waals surface area contributed by atoms with Crippen LogP contribution in [-0.2, 0) is 13.0 Å². The SMILES string of the molecule is CCN(CC)CCOc1ccc(CNC(=NC)NCCc2ccccc2OC)cc1OC.I. The molecule has 2 rings (SSSR count). The molecule has 0 unspecified atom stereocenters. The van der Waals surface area contributed by atoms with E-state index in [4.69, 9.17) is 14.2 Å². The molecule has 184 valence electrons. The third kappa shape index (κ3) is 9.67. The molecule has 7 nitrogen and oxygen atoms in total. The highest BCUT2D eigenvalue weighted by Crippen LogP contribution is 2.28. The second-order valence-electron chi connectivity index (χ2n) is 7.27. The summed E-state index contributed by atoms with van der Waals surface area (Å²) in [6, 6.07) is 14.1. The van der Waals surface area contributed by atoms with E-state index in [9.17, 15) is 0 Å². The molecular weight excluding hydrogens is 531 g/mol. The fourth-order valence-electron chi connectivity index (χ4n) is 3.40. The predicted molar refractivity (Wildman–Crippen MR) is 147 cm³/mol. The number of rotatable bonds is 13. The molecule has 8 heteroatoms. The highest BCUT2D eigenvalue weighted by atomic mass is 127. The van der Waals surface area contributed by atoms with Gasteiger partial charge in [0.2, 0.25) is 0 Å². The van der Waals surface area contributed by atoms with Crippen LogP contribution >= 0.6 is 24.0 Å². The summed E-state index contributed by atoms with van der Waals surface area (Å²) in [4.78, 5) is 6.64. The molecule has 2 aromatic carbocycles. The van der Waals surface area contributed by atoms with Gasteiger partial charge in [0.25, 0.3) is 0 Å². The lowest BCUT2D eigenvalue weighted by Crippen LogP contribution is -2.37. The zero-order valence-electron chi connectivity index (χ0n) is 20.5. The van der Waals surface area contributed by atoms with E-state index in [-0.39, 0.29) is 24.0 Å². The van der Waals surface area contributed by atoms with Crippen molar-refractivity contribution in [2.75, 3.05) is 54.1 Å². The van der Waals surface area contributed by atoms with Gasteiger partial charge in [0.15, 0.2) is 17.5 Å². The number of aliphatic imine (C=N–C) groups is 1. The molecule has 2 aromatic rings. The largest absolute Gasteiger partial charge is 0.496 e. The molecule has 0 atom stereocenters. The molecule has 0 aromatic heterocycles. The third-order valence-corrected chi connectivity index (χ3v) is 5.35. The molecule has 0 saturated carbocycles. The molecule has 0 saturated heterocycles. The second kappa shape index (κ2) is 16.4. The van der Waals surface area contributed by atoms with Crippen LogP contribution in [0.2, 0.25) is 0 Å². The summed E-state index contributed by atoms with van der Waals surface area (Å²) in [6.07, 6.45) is 0.845. The number of nitrogens with one attached hydrogen (secondary N) is 2. The zero-order valence-corrected chi connectivity index (χ0v) is 22.8. The van der Waals surface area contributed by atoms with Crippen molar-refractivity contribution in [3.05, 3.63) is 53.6 Å². The van der Waals surface area contributed by atoms with Crippen LogP contribution in [-0.4, -0.2) is 64.9 Å². The van der Waals surface area contributed by atoms with Crippen molar-refractivity contribution in [1.29, 1.82) is 0 Å². The van der Waals surface area contributed by atoms with Crippen molar-refractivity contribution in [3.8, 4) is 17.2 Å². The Kier molecular flexibility index (Phi) is 14.3. The standard InChI is InChI=1S/C25H38N4O3.HI/c1-6-29(7-2)16-17-32-23-13-12-20(18-24(23)31-5)19-28-25(26-3)27-15-14-21-10-8-9-11-22(21)30-4;/h8-13,18H,6-7,14-17,19H2,1-5H3,(H2,26,27,28);1H. The van der Waals surface area contributed by atoms with Crippen molar-refractivity contribution in [2.24, 2.45) is 4.99 Å². The summed E-state index contributed by atoms with van der Waals surface area (Å²) >= 11 is 0. The Bertz CT molecular complexity index is 844. The molecule has 0 fully saturated rings. The van der Waals surface area contributed by atoms with E-state index >= 15 is 0 Å². The average Bonchev–Trinajstić information content (AvgIpc) is 2.84. The number of para-hydroxylation sites is 1. The number of ether oxygens (including phenoxy) is 3. The molecular formula is C25H39IN4O3. The highest BCUT2D eigenvalue weighted by molar-refractivity contribution is 14.0. The first kappa shape index (κ1) is 28.8. The fraction of sp³-hybridized carbons (Fsp3) is 0.480. The van der Waals surface area contributed by atoms with Gasteiger partial charge >= 0.3 is 0 Å². The Balaban J connectivity index is 0.00000544. The van der Waals surface area contributed by atoms with Crippen LogP contribution in [0.5, 0.6) is 17.2 Å². The maximum atomic E-state index is 5.94. The molecule has 0 amide bonds. The number of benzene rings is 2. The van der Waals surface area contributed by atoms with Gasteiger partial charge in [0, 0.05) is 26.7 Å². The number of halogens is 1. The lowest BCUT2D eigenvalue weighted by atomic mass is 10.1. The number of likely N-dealkylation sites (N-methyl/N-ethyl adjacent to an activating group) is 1. The summed E-state index contributed by atoms with van der Waals surface area (Å²) < 4.78 is 16.9. The molecule has 0 heterocycles. The van der Waals surface area contributed by atoms with Gasteiger partial charge in [-0.25, -0.2) is 0 Å². The zero-order chi connectivity index (χ0) is 23.2. The molecule has 0 spiro atoms. The van der Waals surface area contributed by atoms with Crippen LogP contribution in [0.15, 0.2) is 47.5 Å². The molecule has 0 aliphatic rings. The van der Waals surface area contributed by atoms with Gasteiger partial charge in [-0.05, 0) is 48.8 Å². The summed E-state index contributed by atoms with van der Waals surface area (Å²) in [5.74, 6) is 3.16. The van der Waals surface area contributed by atoms with Crippen LogP contribution < -0.4 is 24.8 Å². The smallest absolute Gasteiger partial charge is 0.191 e. The highest BCUT2D eigenvalue weighted by Gasteiger charge is 2.08. The lowest BCUT2D eigenvalue weighted by molar-refractivity contribution is 0.217. The maximum absolute atomic E-state index is 5.94. The van der Waals surface area contributed by atoms with Crippen LogP contribution in [0.4, 0.5) is 0 Å². The monoisotopic (exact) mass is 570 g/mol. The number of hydrogen-bond donors (Lipinski definition) is 2. The number of nitrogens with zero attached hydrogens (tertiary/aromatic N) is 2. The maximum Gasteiger partial charge on any atom is 0.191 e. The Hall–Kier alpha value is -2.20. The Morgan fingerprint density at radius 1 is 0.939 bits per heavy atom. The first-order valence-corrected chi connectivity index (χ1v) is 11.2. The molecule has 2 N–H and O–H groups in total. The Morgan fingerprint density at radius 3 is 2.33 bits per heavy atom. The molecule has 0 bridgehead atoms. The second-order valence-corrected chi connectivity index (χ2v) is 7.27. The van der Waals surface area contributed by atoms with Gasteiger partial charge < -0.3 is 29.7 Å². The van der Waals surface area contributed by atoms with Crippen LogP contribution in [0, 0.1) is 0 Å². The van der Waals surface area contributed by atoms with Crippen molar-refractivity contribution < 1.29 is 14.2 Å². The summed E-state index contributed by atoms with van der Waals surface area (Å²) in [6.45, 7) is 9.29. The fourth-order valence-corrected chi connectivity index (χ4v) is 3.40. The molecule has 0 aliphatic carbocycles. The normalized spacial score (nSPS) is 11.0. The van der Waals surface area contributed by atoms with E-state index in [0.29, 0.717) is 13.2 Å². The predicted octanol–water partition coefficient (Wildman–Crippen LogP) is 3.95. The Labute approximate surface area is 215 Å². The average molecular weight is 571 g/mol.